The summed E-state index contributed by atoms with van der Waals surface area (Å²) < 4.78 is 0. The third kappa shape index (κ3) is 2.07. The lowest BCUT2D eigenvalue weighted by atomic mass is 10.0. The van der Waals surface area contributed by atoms with Gasteiger partial charge in [-0.3, -0.25) is 9.69 Å². The Kier molecular flexibility index (Phi) is 3.50. The summed E-state index contributed by atoms with van der Waals surface area (Å²) >= 11 is 0. The van der Waals surface area contributed by atoms with E-state index in [1.165, 1.54) is 0 Å². The van der Waals surface area contributed by atoms with Gasteiger partial charge in [0, 0.05) is 6.04 Å². The van der Waals surface area contributed by atoms with E-state index in [9.17, 15) is 9.90 Å². The number of likely N-dealkylation sites (tertiary alicyclic amines) is 1. The first-order chi connectivity index (χ1) is 6.45. The topological polar surface area (TPSA) is 60.8 Å². The van der Waals surface area contributed by atoms with Crippen molar-refractivity contribution < 1.29 is 15.0 Å². The van der Waals surface area contributed by atoms with Crippen LogP contribution < -0.4 is 0 Å². The van der Waals surface area contributed by atoms with Crippen molar-refractivity contribution in [2.24, 2.45) is 5.92 Å². The van der Waals surface area contributed by atoms with Crippen molar-refractivity contribution in [3.63, 3.8) is 0 Å². The first kappa shape index (κ1) is 11.5. The minimum Gasteiger partial charge on any atom is -0.480 e. The smallest absolute Gasteiger partial charge is 0.321 e. The number of hydrogen-bond donors (Lipinski definition) is 2. The zero-order valence-corrected chi connectivity index (χ0v) is 8.97. The largest absolute Gasteiger partial charge is 0.480 e. The number of carboxylic acids is 1. The molecule has 2 N–H and O–H groups in total. The second kappa shape index (κ2) is 4.28. The number of hydrogen-bond acceptors (Lipinski definition) is 3. The molecule has 1 heterocycles. The summed E-state index contributed by atoms with van der Waals surface area (Å²) in [5.41, 5.74) is 0. The summed E-state index contributed by atoms with van der Waals surface area (Å²) in [7, 11) is 0. The molecular weight excluding hydrogens is 182 g/mol. The van der Waals surface area contributed by atoms with Gasteiger partial charge in [-0.1, -0.05) is 6.92 Å². The molecule has 1 saturated heterocycles. The quantitative estimate of drug-likeness (QED) is 0.700. The molecule has 0 amide bonds. The van der Waals surface area contributed by atoms with Gasteiger partial charge in [0.2, 0.25) is 0 Å². The SMILES string of the molecule is CC(O)C(C)N1CCC(C)C1C(=O)O. The van der Waals surface area contributed by atoms with Crippen LogP contribution in [-0.2, 0) is 4.79 Å². The van der Waals surface area contributed by atoms with E-state index in [0.29, 0.717) is 0 Å². The summed E-state index contributed by atoms with van der Waals surface area (Å²) in [4.78, 5) is 12.9. The molecule has 4 heteroatoms. The van der Waals surface area contributed by atoms with Crippen LogP contribution in [0.2, 0.25) is 0 Å². The van der Waals surface area contributed by atoms with E-state index in [0.717, 1.165) is 13.0 Å². The molecule has 1 fully saturated rings. The molecule has 0 bridgehead atoms. The Morgan fingerprint density at radius 3 is 2.50 bits per heavy atom. The standard InChI is InChI=1S/C10H19NO3/c1-6-4-5-11(7(2)8(3)12)9(6)10(13)14/h6-9,12H,4-5H2,1-3H3,(H,13,14). The van der Waals surface area contributed by atoms with E-state index in [-0.39, 0.29) is 12.0 Å². The summed E-state index contributed by atoms with van der Waals surface area (Å²) in [5.74, 6) is -0.601. The van der Waals surface area contributed by atoms with Crippen molar-refractivity contribution in [2.75, 3.05) is 6.54 Å². The van der Waals surface area contributed by atoms with Crippen LogP contribution in [0.15, 0.2) is 0 Å². The maximum Gasteiger partial charge on any atom is 0.321 e. The highest BCUT2D eigenvalue weighted by molar-refractivity contribution is 5.74. The zero-order valence-electron chi connectivity index (χ0n) is 8.97. The molecule has 0 aliphatic carbocycles. The van der Waals surface area contributed by atoms with E-state index < -0.39 is 18.1 Å². The van der Waals surface area contributed by atoms with Gasteiger partial charge < -0.3 is 10.2 Å². The highest BCUT2D eigenvalue weighted by Crippen LogP contribution is 2.26. The van der Waals surface area contributed by atoms with Gasteiger partial charge in [-0.05, 0) is 32.7 Å². The first-order valence-electron chi connectivity index (χ1n) is 5.11. The monoisotopic (exact) mass is 201 g/mol. The Morgan fingerprint density at radius 1 is 1.50 bits per heavy atom. The number of rotatable bonds is 3. The van der Waals surface area contributed by atoms with Crippen LogP contribution in [0.25, 0.3) is 0 Å². The molecule has 82 valence electrons. The molecule has 0 spiro atoms. The van der Waals surface area contributed by atoms with E-state index >= 15 is 0 Å². The van der Waals surface area contributed by atoms with Crippen LogP contribution in [-0.4, -0.2) is 45.8 Å². The molecule has 1 rings (SSSR count). The van der Waals surface area contributed by atoms with Crippen LogP contribution in [0.3, 0.4) is 0 Å². The Hall–Kier alpha value is -0.610. The molecule has 0 aromatic heterocycles. The van der Waals surface area contributed by atoms with Crippen molar-refractivity contribution in [3.8, 4) is 0 Å². The molecule has 0 radical (unpaired) electrons. The lowest BCUT2D eigenvalue weighted by molar-refractivity contribution is -0.144. The Bertz CT molecular complexity index is 217. The Labute approximate surface area is 84.5 Å². The summed E-state index contributed by atoms with van der Waals surface area (Å²) in [6.07, 6.45) is 0.413. The fourth-order valence-corrected chi connectivity index (χ4v) is 2.10. The Morgan fingerprint density at radius 2 is 2.07 bits per heavy atom. The molecule has 0 aromatic carbocycles. The van der Waals surface area contributed by atoms with Crippen molar-refractivity contribution in [2.45, 2.75) is 45.4 Å². The number of nitrogens with zero attached hydrogens (tertiary/aromatic N) is 1. The van der Waals surface area contributed by atoms with Gasteiger partial charge in [0.05, 0.1) is 6.10 Å². The second-order valence-electron chi connectivity index (χ2n) is 4.27. The average molecular weight is 201 g/mol. The van der Waals surface area contributed by atoms with Crippen LogP contribution in [0.5, 0.6) is 0 Å². The summed E-state index contributed by atoms with van der Waals surface area (Å²) in [5, 5.41) is 18.5. The molecule has 1 aliphatic rings. The van der Waals surface area contributed by atoms with Gasteiger partial charge in [0.1, 0.15) is 6.04 Å². The Balaban J connectivity index is 2.74. The van der Waals surface area contributed by atoms with Gasteiger partial charge in [-0.15, -0.1) is 0 Å². The van der Waals surface area contributed by atoms with Crippen LogP contribution in [0.1, 0.15) is 27.2 Å². The molecule has 4 nitrogen and oxygen atoms in total. The van der Waals surface area contributed by atoms with Gasteiger partial charge in [-0.25, -0.2) is 0 Å². The van der Waals surface area contributed by atoms with Crippen LogP contribution >= 0.6 is 0 Å². The van der Waals surface area contributed by atoms with E-state index in [2.05, 4.69) is 0 Å². The minimum atomic E-state index is -0.775. The van der Waals surface area contributed by atoms with Gasteiger partial charge in [0.15, 0.2) is 0 Å². The highest BCUT2D eigenvalue weighted by atomic mass is 16.4. The third-order valence-electron chi connectivity index (χ3n) is 3.21. The summed E-state index contributed by atoms with van der Waals surface area (Å²) in [6, 6.07) is -0.513. The van der Waals surface area contributed by atoms with Crippen molar-refractivity contribution in [1.82, 2.24) is 4.90 Å². The average Bonchev–Trinajstić information content (AvgIpc) is 2.45. The van der Waals surface area contributed by atoms with E-state index in [1.54, 1.807) is 6.92 Å². The lowest BCUT2D eigenvalue weighted by Gasteiger charge is -2.31. The molecule has 0 saturated carbocycles. The maximum absolute atomic E-state index is 11.0. The predicted molar refractivity (Wildman–Crippen MR) is 53.1 cm³/mol. The normalized spacial score (nSPS) is 32.9. The molecular formula is C10H19NO3. The van der Waals surface area contributed by atoms with Gasteiger partial charge in [0.25, 0.3) is 0 Å². The molecule has 4 unspecified atom stereocenters. The van der Waals surface area contributed by atoms with Crippen molar-refractivity contribution >= 4 is 5.97 Å². The van der Waals surface area contributed by atoms with E-state index in [4.69, 9.17) is 5.11 Å². The number of aliphatic carboxylic acids is 1. The molecule has 1 aliphatic heterocycles. The van der Waals surface area contributed by atoms with E-state index in [1.807, 2.05) is 18.7 Å². The first-order valence-corrected chi connectivity index (χ1v) is 5.11. The summed E-state index contributed by atoms with van der Waals surface area (Å²) in [6.45, 7) is 6.29. The van der Waals surface area contributed by atoms with Gasteiger partial charge >= 0.3 is 5.97 Å². The van der Waals surface area contributed by atoms with Crippen LogP contribution in [0.4, 0.5) is 0 Å². The van der Waals surface area contributed by atoms with Crippen molar-refractivity contribution in [1.29, 1.82) is 0 Å². The number of aliphatic hydroxyl groups excluding tert-OH is 1. The zero-order chi connectivity index (χ0) is 10.9. The second-order valence-corrected chi connectivity index (χ2v) is 4.27. The molecule has 14 heavy (non-hydrogen) atoms. The highest BCUT2D eigenvalue weighted by Gasteiger charge is 2.39. The van der Waals surface area contributed by atoms with Gasteiger partial charge in [-0.2, -0.15) is 0 Å². The molecule has 4 atom stereocenters. The maximum atomic E-state index is 11.0. The van der Waals surface area contributed by atoms with Crippen LogP contribution in [0, 0.1) is 5.92 Å². The molecule has 0 aromatic rings. The number of carboxylic acid groups (broad SMARTS) is 1. The fourth-order valence-electron chi connectivity index (χ4n) is 2.10. The minimum absolute atomic E-state index is 0.0824. The number of aliphatic hydroxyl groups is 1. The number of carbonyl (C=O) groups is 1. The van der Waals surface area contributed by atoms with Crippen molar-refractivity contribution in [3.05, 3.63) is 0 Å². The predicted octanol–water partition coefficient (Wildman–Crippen LogP) is 0.551. The lowest BCUT2D eigenvalue weighted by Crippen LogP contribution is -2.48. The third-order valence-corrected chi connectivity index (χ3v) is 3.21. The fraction of sp³-hybridized carbons (Fsp3) is 0.900.